The Kier molecular flexibility index (Phi) is 4.67. The van der Waals surface area contributed by atoms with Crippen molar-refractivity contribution in [3.8, 4) is 0 Å². The number of rotatable bonds is 7. The summed E-state index contributed by atoms with van der Waals surface area (Å²) in [5.41, 5.74) is 6.45. The molecule has 1 saturated carbocycles. The Bertz CT molecular complexity index is 482. The van der Waals surface area contributed by atoms with Crippen LogP contribution in [0.3, 0.4) is 0 Å². The van der Waals surface area contributed by atoms with E-state index >= 15 is 0 Å². The SMILES string of the molecule is CCC(CC)(CN)C(=O)NCC1(c2ccc(F)cc2)CC1. The topological polar surface area (TPSA) is 55.1 Å². The number of nitrogens with two attached hydrogens (primary N) is 1. The first kappa shape index (κ1) is 16.0. The Morgan fingerprint density at radius 1 is 1.29 bits per heavy atom. The number of amides is 1. The summed E-state index contributed by atoms with van der Waals surface area (Å²) in [6.45, 7) is 4.99. The zero-order chi connectivity index (χ0) is 15.5. The van der Waals surface area contributed by atoms with Gasteiger partial charge in [0.15, 0.2) is 0 Å². The van der Waals surface area contributed by atoms with Crippen molar-refractivity contribution in [2.24, 2.45) is 11.1 Å². The van der Waals surface area contributed by atoms with Gasteiger partial charge in [-0.3, -0.25) is 4.79 Å². The van der Waals surface area contributed by atoms with Crippen LogP contribution in [-0.4, -0.2) is 19.0 Å². The smallest absolute Gasteiger partial charge is 0.227 e. The highest BCUT2D eigenvalue weighted by Gasteiger charge is 2.45. The van der Waals surface area contributed by atoms with E-state index in [9.17, 15) is 9.18 Å². The second kappa shape index (κ2) is 6.14. The molecule has 0 spiro atoms. The van der Waals surface area contributed by atoms with E-state index in [4.69, 9.17) is 5.73 Å². The van der Waals surface area contributed by atoms with Gasteiger partial charge in [0.05, 0.1) is 5.41 Å². The van der Waals surface area contributed by atoms with E-state index in [-0.39, 0.29) is 17.1 Å². The van der Waals surface area contributed by atoms with Gasteiger partial charge in [-0.25, -0.2) is 4.39 Å². The number of hydrogen-bond donors (Lipinski definition) is 2. The molecule has 0 saturated heterocycles. The number of benzene rings is 1. The van der Waals surface area contributed by atoms with Crippen molar-refractivity contribution in [3.05, 3.63) is 35.6 Å². The van der Waals surface area contributed by atoms with Crippen molar-refractivity contribution >= 4 is 5.91 Å². The van der Waals surface area contributed by atoms with Crippen LogP contribution in [0.2, 0.25) is 0 Å². The molecule has 1 aromatic carbocycles. The van der Waals surface area contributed by atoms with Crippen molar-refractivity contribution in [3.63, 3.8) is 0 Å². The molecule has 0 aromatic heterocycles. The standard InChI is InChI=1S/C17H25FN2O/c1-3-16(4-2,11-19)15(21)20-12-17(9-10-17)13-5-7-14(18)8-6-13/h5-8H,3-4,9-12,19H2,1-2H3,(H,20,21). The van der Waals surface area contributed by atoms with E-state index in [2.05, 4.69) is 5.32 Å². The maximum atomic E-state index is 13.0. The number of hydrogen-bond acceptors (Lipinski definition) is 2. The lowest BCUT2D eigenvalue weighted by Crippen LogP contribution is -2.47. The van der Waals surface area contributed by atoms with Crippen LogP contribution in [0.4, 0.5) is 4.39 Å². The summed E-state index contributed by atoms with van der Waals surface area (Å²) >= 11 is 0. The monoisotopic (exact) mass is 292 g/mol. The highest BCUT2D eigenvalue weighted by molar-refractivity contribution is 5.83. The van der Waals surface area contributed by atoms with E-state index in [1.807, 2.05) is 26.0 Å². The van der Waals surface area contributed by atoms with E-state index in [1.54, 1.807) is 0 Å². The van der Waals surface area contributed by atoms with Crippen LogP contribution in [-0.2, 0) is 10.2 Å². The Labute approximate surface area is 126 Å². The fourth-order valence-electron chi connectivity index (χ4n) is 2.91. The maximum Gasteiger partial charge on any atom is 0.227 e. The molecule has 1 fully saturated rings. The minimum Gasteiger partial charge on any atom is -0.355 e. The largest absolute Gasteiger partial charge is 0.355 e. The Morgan fingerprint density at radius 2 is 1.86 bits per heavy atom. The van der Waals surface area contributed by atoms with Gasteiger partial charge >= 0.3 is 0 Å². The molecule has 1 aromatic rings. The molecular formula is C17H25FN2O. The first-order valence-corrected chi connectivity index (χ1v) is 7.76. The second-order valence-corrected chi connectivity index (χ2v) is 6.16. The fourth-order valence-corrected chi connectivity index (χ4v) is 2.91. The summed E-state index contributed by atoms with van der Waals surface area (Å²) in [7, 11) is 0. The minimum atomic E-state index is -0.459. The van der Waals surface area contributed by atoms with Gasteiger partial charge in [0, 0.05) is 18.5 Å². The third-order valence-corrected chi connectivity index (χ3v) is 5.12. The Balaban J connectivity index is 2.02. The van der Waals surface area contributed by atoms with Crippen molar-refractivity contribution in [2.45, 2.75) is 44.9 Å². The van der Waals surface area contributed by atoms with Crippen molar-refractivity contribution in [1.29, 1.82) is 0 Å². The molecule has 0 heterocycles. The number of halogens is 1. The summed E-state index contributed by atoms with van der Waals surface area (Å²) < 4.78 is 13.0. The van der Waals surface area contributed by atoms with Crippen LogP contribution in [0.25, 0.3) is 0 Å². The normalized spacial score (nSPS) is 16.6. The molecule has 4 heteroatoms. The van der Waals surface area contributed by atoms with Crippen LogP contribution in [0.15, 0.2) is 24.3 Å². The minimum absolute atomic E-state index is 0.00875. The van der Waals surface area contributed by atoms with E-state index < -0.39 is 5.41 Å². The van der Waals surface area contributed by atoms with Crippen LogP contribution >= 0.6 is 0 Å². The van der Waals surface area contributed by atoms with Crippen molar-refractivity contribution in [1.82, 2.24) is 5.32 Å². The van der Waals surface area contributed by atoms with Gasteiger partial charge < -0.3 is 11.1 Å². The van der Waals surface area contributed by atoms with Crippen LogP contribution in [0.1, 0.15) is 45.1 Å². The van der Waals surface area contributed by atoms with Gasteiger partial charge in [0.1, 0.15) is 5.82 Å². The fraction of sp³-hybridized carbons (Fsp3) is 0.588. The molecule has 21 heavy (non-hydrogen) atoms. The lowest BCUT2D eigenvalue weighted by Gasteiger charge is -2.29. The van der Waals surface area contributed by atoms with E-state index in [0.717, 1.165) is 31.2 Å². The average Bonchev–Trinajstić information content (AvgIpc) is 3.29. The Hall–Kier alpha value is -1.42. The van der Waals surface area contributed by atoms with E-state index in [0.29, 0.717) is 13.1 Å². The predicted octanol–water partition coefficient (Wildman–Crippen LogP) is 2.74. The molecule has 0 bridgehead atoms. The van der Waals surface area contributed by atoms with Gasteiger partial charge in [-0.2, -0.15) is 0 Å². The second-order valence-electron chi connectivity index (χ2n) is 6.16. The van der Waals surface area contributed by atoms with Gasteiger partial charge in [0.2, 0.25) is 5.91 Å². The number of carbonyl (C=O) groups is 1. The van der Waals surface area contributed by atoms with Gasteiger partial charge in [-0.05, 0) is 43.4 Å². The molecule has 1 aliphatic rings. The van der Waals surface area contributed by atoms with Gasteiger partial charge in [-0.1, -0.05) is 26.0 Å². The lowest BCUT2D eigenvalue weighted by molar-refractivity contribution is -0.131. The highest BCUT2D eigenvalue weighted by atomic mass is 19.1. The average molecular weight is 292 g/mol. The summed E-state index contributed by atoms with van der Waals surface area (Å²) in [6, 6.07) is 6.62. The molecule has 0 unspecified atom stereocenters. The molecule has 2 rings (SSSR count). The van der Waals surface area contributed by atoms with Crippen LogP contribution in [0, 0.1) is 11.2 Å². The third kappa shape index (κ3) is 3.10. The first-order chi connectivity index (χ1) is 10.0. The third-order valence-electron chi connectivity index (χ3n) is 5.12. The molecule has 1 aliphatic carbocycles. The molecular weight excluding hydrogens is 267 g/mol. The first-order valence-electron chi connectivity index (χ1n) is 7.76. The predicted molar refractivity (Wildman–Crippen MR) is 82.4 cm³/mol. The van der Waals surface area contributed by atoms with Crippen LogP contribution in [0.5, 0.6) is 0 Å². The summed E-state index contributed by atoms with van der Waals surface area (Å²) in [6.07, 6.45) is 3.56. The molecule has 0 atom stereocenters. The molecule has 116 valence electrons. The zero-order valence-corrected chi connectivity index (χ0v) is 12.9. The molecule has 0 radical (unpaired) electrons. The number of nitrogens with one attached hydrogen (secondary N) is 1. The zero-order valence-electron chi connectivity index (χ0n) is 12.9. The Morgan fingerprint density at radius 3 is 2.29 bits per heavy atom. The molecule has 3 N–H and O–H groups in total. The summed E-state index contributed by atoms with van der Waals surface area (Å²) in [4.78, 5) is 12.5. The van der Waals surface area contributed by atoms with Crippen molar-refractivity contribution < 1.29 is 9.18 Å². The van der Waals surface area contributed by atoms with Crippen LogP contribution < -0.4 is 11.1 Å². The summed E-state index contributed by atoms with van der Waals surface area (Å²) in [5.74, 6) is -0.180. The van der Waals surface area contributed by atoms with Crippen molar-refractivity contribution in [2.75, 3.05) is 13.1 Å². The van der Waals surface area contributed by atoms with E-state index in [1.165, 1.54) is 12.1 Å². The lowest BCUT2D eigenvalue weighted by atomic mass is 9.81. The molecule has 3 nitrogen and oxygen atoms in total. The number of carbonyl (C=O) groups excluding carboxylic acids is 1. The molecule has 0 aliphatic heterocycles. The van der Waals surface area contributed by atoms with Gasteiger partial charge in [0.25, 0.3) is 0 Å². The quantitative estimate of drug-likeness (QED) is 0.812. The summed E-state index contributed by atoms with van der Waals surface area (Å²) in [5, 5.41) is 3.08. The highest BCUT2D eigenvalue weighted by Crippen LogP contribution is 2.47. The van der Waals surface area contributed by atoms with Gasteiger partial charge in [-0.15, -0.1) is 0 Å². The molecule has 1 amide bonds. The maximum absolute atomic E-state index is 13.0.